The van der Waals surface area contributed by atoms with Crippen LogP contribution in [0.15, 0.2) is 146 Å². The molecule has 0 amide bonds. The van der Waals surface area contributed by atoms with Crippen LogP contribution < -0.4 is 0 Å². The summed E-state index contributed by atoms with van der Waals surface area (Å²) in [4.78, 5) is 8.86. The highest BCUT2D eigenvalue weighted by atomic mass is 14.8. The molecular weight excluding hydrogens is 544 g/mol. The Bertz CT molecular complexity index is 2450. The van der Waals surface area contributed by atoms with Gasteiger partial charge in [0.15, 0.2) is 0 Å². The van der Waals surface area contributed by atoms with Crippen LogP contribution in [0, 0.1) is 0 Å². The number of aromatic nitrogens is 2. The molecule has 0 radical (unpaired) electrons. The van der Waals surface area contributed by atoms with Crippen LogP contribution in [0.5, 0.6) is 0 Å². The van der Waals surface area contributed by atoms with Gasteiger partial charge in [-0.25, -0.2) is 9.97 Å². The van der Waals surface area contributed by atoms with Crippen molar-refractivity contribution in [2.24, 2.45) is 0 Å². The molecule has 212 valence electrons. The Kier molecular flexibility index (Phi) is 5.58. The summed E-state index contributed by atoms with van der Waals surface area (Å²) < 4.78 is 0. The molecule has 0 spiro atoms. The lowest BCUT2D eigenvalue weighted by molar-refractivity contribution is 0.660. The molecule has 9 rings (SSSR count). The maximum atomic E-state index is 4.43. The monoisotopic (exact) mass is 574 g/mol. The predicted octanol–water partition coefficient (Wildman–Crippen LogP) is 11.2. The van der Waals surface area contributed by atoms with E-state index in [0.717, 1.165) is 5.56 Å². The Labute approximate surface area is 262 Å². The highest BCUT2D eigenvalue weighted by Crippen LogP contribution is 2.54. The van der Waals surface area contributed by atoms with E-state index in [-0.39, 0.29) is 5.41 Å². The summed E-state index contributed by atoms with van der Waals surface area (Å²) in [5, 5.41) is 7.37. The van der Waals surface area contributed by atoms with Gasteiger partial charge in [0.05, 0.1) is 0 Å². The summed E-state index contributed by atoms with van der Waals surface area (Å²) in [7, 11) is 0. The smallest absolute Gasteiger partial charge is 0.115 e. The van der Waals surface area contributed by atoms with Gasteiger partial charge < -0.3 is 0 Å². The zero-order valence-corrected chi connectivity index (χ0v) is 25.3. The summed E-state index contributed by atoms with van der Waals surface area (Å²) in [6.07, 6.45) is 5.48. The molecule has 1 aliphatic rings. The van der Waals surface area contributed by atoms with Gasteiger partial charge >= 0.3 is 0 Å². The van der Waals surface area contributed by atoms with Crippen LogP contribution in [0.4, 0.5) is 0 Å². The van der Waals surface area contributed by atoms with Crippen molar-refractivity contribution in [3.8, 4) is 44.5 Å². The van der Waals surface area contributed by atoms with Crippen LogP contribution in [0.1, 0.15) is 25.0 Å². The molecule has 1 aromatic heterocycles. The standard InChI is InChI=1S/C43H30N2/c1-43(2)38-19-8-7-16-35(38)42-36(18-10-20-39(42)43)41-33-15-6-5-14-32(33)40(29-24-44-26-45-25-29)34-22-21-28(23-37(34)41)31-17-9-12-27-11-3-4-13-30(27)31/h3-26H,1-2H3. The topological polar surface area (TPSA) is 25.8 Å². The highest BCUT2D eigenvalue weighted by molar-refractivity contribution is 6.23. The van der Waals surface area contributed by atoms with E-state index in [9.17, 15) is 0 Å². The molecule has 0 saturated carbocycles. The lowest BCUT2D eigenvalue weighted by Crippen LogP contribution is -2.14. The molecule has 0 saturated heterocycles. The van der Waals surface area contributed by atoms with Crippen LogP contribution in [0.2, 0.25) is 0 Å². The fraction of sp³-hybridized carbons (Fsp3) is 0.0698. The maximum Gasteiger partial charge on any atom is 0.115 e. The lowest BCUT2D eigenvalue weighted by Gasteiger charge is -2.23. The van der Waals surface area contributed by atoms with Crippen LogP contribution in [-0.4, -0.2) is 9.97 Å². The summed E-state index contributed by atoms with van der Waals surface area (Å²) in [5.41, 5.74) is 12.5. The van der Waals surface area contributed by atoms with Gasteiger partial charge in [0.2, 0.25) is 0 Å². The van der Waals surface area contributed by atoms with E-state index in [1.165, 1.54) is 82.4 Å². The van der Waals surface area contributed by atoms with Gasteiger partial charge in [0, 0.05) is 28.9 Å². The van der Waals surface area contributed by atoms with Crippen LogP contribution in [0.3, 0.4) is 0 Å². The third-order valence-corrected chi connectivity index (χ3v) is 9.85. The van der Waals surface area contributed by atoms with Crippen molar-refractivity contribution in [2.75, 3.05) is 0 Å². The molecule has 0 atom stereocenters. The fourth-order valence-corrected chi connectivity index (χ4v) is 7.82. The first-order chi connectivity index (χ1) is 22.1. The fourth-order valence-electron chi connectivity index (χ4n) is 7.82. The highest BCUT2D eigenvalue weighted by Gasteiger charge is 2.37. The second kappa shape index (κ2) is 9.70. The molecule has 45 heavy (non-hydrogen) atoms. The SMILES string of the molecule is CC1(C)c2ccccc2-c2c(-c3c4ccccc4c(-c4cncnc4)c4ccc(-c5cccc6ccccc56)cc34)cccc21. The number of nitrogens with zero attached hydrogens (tertiary/aromatic N) is 2. The van der Waals surface area contributed by atoms with Gasteiger partial charge in [0.1, 0.15) is 6.33 Å². The zero-order chi connectivity index (χ0) is 30.1. The van der Waals surface area contributed by atoms with Crippen LogP contribution >= 0.6 is 0 Å². The molecule has 0 unspecified atom stereocenters. The maximum absolute atomic E-state index is 4.43. The van der Waals surface area contributed by atoms with E-state index < -0.39 is 0 Å². The number of rotatable bonds is 3. The van der Waals surface area contributed by atoms with Gasteiger partial charge in [-0.05, 0) is 82.9 Å². The first-order valence-electron chi connectivity index (χ1n) is 15.6. The summed E-state index contributed by atoms with van der Waals surface area (Å²) in [5.74, 6) is 0. The first-order valence-corrected chi connectivity index (χ1v) is 15.6. The average molecular weight is 575 g/mol. The van der Waals surface area contributed by atoms with Crippen molar-refractivity contribution in [1.29, 1.82) is 0 Å². The van der Waals surface area contributed by atoms with Gasteiger partial charge in [-0.2, -0.15) is 0 Å². The largest absolute Gasteiger partial charge is 0.244 e. The number of benzene rings is 7. The number of hydrogen-bond donors (Lipinski definition) is 0. The minimum Gasteiger partial charge on any atom is -0.244 e. The van der Waals surface area contributed by atoms with E-state index in [1.54, 1.807) is 6.33 Å². The first kappa shape index (κ1) is 25.9. The molecular formula is C43H30N2. The summed E-state index contributed by atoms with van der Waals surface area (Å²) in [6.45, 7) is 4.71. The van der Waals surface area contributed by atoms with Gasteiger partial charge in [-0.3, -0.25) is 0 Å². The molecule has 2 nitrogen and oxygen atoms in total. The third-order valence-electron chi connectivity index (χ3n) is 9.85. The summed E-state index contributed by atoms with van der Waals surface area (Å²) >= 11 is 0. The van der Waals surface area contributed by atoms with Gasteiger partial charge in [0.25, 0.3) is 0 Å². The van der Waals surface area contributed by atoms with E-state index >= 15 is 0 Å². The molecule has 2 heteroatoms. The molecule has 0 N–H and O–H groups in total. The average Bonchev–Trinajstić information content (AvgIpc) is 3.33. The molecule has 1 heterocycles. The van der Waals surface area contributed by atoms with Gasteiger partial charge in [-0.1, -0.05) is 135 Å². The van der Waals surface area contributed by atoms with Crippen molar-refractivity contribution in [3.63, 3.8) is 0 Å². The predicted molar refractivity (Wildman–Crippen MR) is 188 cm³/mol. The van der Waals surface area contributed by atoms with E-state index in [2.05, 4.69) is 151 Å². The van der Waals surface area contributed by atoms with Crippen molar-refractivity contribution in [3.05, 3.63) is 157 Å². The van der Waals surface area contributed by atoms with Crippen LogP contribution in [-0.2, 0) is 5.41 Å². The molecule has 7 aromatic carbocycles. The Hall–Kier alpha value is -5.60. The van der Waals surface area contributed by atoms with Gasteiger partial charge in [-0.15, -0.1) is 0 Å². The summed E-state index contributed by atoms with van der Waals surface area (Å²) in [6, 6.07) is 47.0. The van der Waals surface area contributed by atoms with E-state index in [0.29, 0.717) is 0 Å². The normalized spacial score (nSPS) is 13.3. The minimum atomic E-state index is -0.0804. The minimum absolute atomic E-state index is 0.0804. The Morgan fingerprint density at radius 2 is 1.02 bits per heavy atom. The second-order valence-electron chi connectivity index (χ2n) is 12.6. The zero-order valence-electron chi connectivity index (χ0n) is 25.3. The molecule has 0 bridgehead atoms. The number of hydrogen-bond acceptors (Lipinski definition) is 2. The number of fused-ring (bicyclic) bond motifs is 6. The van der Waals surface area contributed by atoms with Crippen molar-refractivity contribution in [2.45, 2.75) is 19.3 Å². The molecule has 0 fully saturated rings. The Morgan fingerprint density at radius 3 is 1.87 bits per heavy atom. The Balaban J connectivity index is 1.46. The van der Waals surface area contributed by atoms with Crippen LogP contribution in [0.25, 0.3) is 76.8 Å². The Morgan fingerprint density at radius 1 is 0.422 bits per heavy atom. The third kappa shape index (κ3) is 3.76. The second-order valence-corrected chi connectivity index (χ2v) is 12.6. The van der Waals surface area contributed by atoms with Crippen molar-refractivity contribution >= 4 is 32.3 Å². The van der Waals surface area contributed by atoms with E-state index in [1.807, 2.05) is 12.4 Å². The van der Waals surface area contributed by atoms with Crippen molar-refractivity contribution in [1.82, 2.24) is 9.97 Å². The molecule has 1 aliphatic carbocycles. The van der Waals surface area contributed by atoms with Crippen molar-refractivity contribution < 1.29 is 0 Å². The lowest BCUT2D eigenvalue weighted by atomic mass is 9.80. The van der Waals surface area contributed by atoms with E-state index in [4.69, 9.17) is 0 Å². The molecule has 0 aliphatic heterocycles. The quantitative estimate of drug-likeness (QED) is 0.196. The molecule has 8 aromatic rings.